The summed E-state index contributed by atoms with van der Waals surface area (Å²) in [6.45, 7) is 0.244. The van der Waals surface area contributed by atoms with E-state index in [0.29, 0.717) is 11.5 Å². The van der Waals surface area contributed by atoms with Gasteiger partial charge in [-0.1, -0.05) is 18.9 Å². The van der Waals surface area contributed by atoms with Crippen molar-refractivity contribution in [2.75, 3.05) is 21.0 Å². The van der Waals surface area contributed by atoms with E-state index in [4.69, 9.17) is 18.9 Å². The number of rotatable bonds is 6. The number of nitrogens with one attached hydrogen (secondary N) is 1. The minimum atomic E-state index is -0.371. The smallest absolute Gasteiger partial charge is 0.231 e. The predicted octanol–water partition coefficient (Wildman–Crippen LogP) is 3.56. The first kappa shape index (κ1) is 18.5. The van der Waals surface area contributed by atoms with Crippen LogP contribution in [0, 0.1) is 0 Å². The molecular formula is C22H25NO5. The third kappa shape index (κ3) is 3.46. The second-order valence-corrected chi connectivity index (χ2v) is 7.26. The van der Waals surface area contributed by atoms with Crippen LogP contribution in [0.3, 0.4) is 0 Å². The zero-order valence-electron chi connectivity index (χ0n) is 16.2. The Morgan fingerprint density at radius 2 is 1.82 bits per heavy atom. The van der Waals surface area contributed by atoms with E-state index in [9.17, 15) is 4.79 Å². The van der Waals surface area contributed by atoms with Crippen LogP contribution in [0.2, 0.25) is 0 Å². The maximum Gasteiger partial charge on any atom is 0.231 e. The van der Waals surface area contributed by atoms with E-state index < -0.39 is 0 Å². The molecule has 1 aliphatic heterocycles. The zero-order valence-corrected chi connectivity index (χ0v) is 16.2. The van der Waals surface area contributed by atoms with Gasteiger partial charge in [-0.2, -0.15) is 0 Å². The summed E-state index contributed by atoms with van der Waals surface area (Å²) in [4.78, 5) is 13.0. The second kappa shape index (κ2) is 7.62. The summed E-state index contributed by atoms with van der Waals surface area (Å²) in [6, 6.07) is 11.5. The van der Waals surface area contributed by atoms with Crippen molar-refractivity contribution >= 4 is 5.91 Å². The van der Waals surface area contributed by atoms with Crippen LogP contribution >= 0.6 is 0 Å². The number of hydrogen-bond donors (Lipinski definition) is 1. The fraction of sp³-hybridized carbons (Fsp3) is 0.409. The van der Waals surface area contributed by atoms with Gasteiger partial charge < -0.3 is 24.3 Å². The first-order chi connectivity index (χ1) is 13.6. The molecule has 0 atom stereocenters. The lowest BCUT2D eigenvalue weighted by Gasteiger charge is -2.31. The van der Waals surface area contributed by atoms with Gasteiger partial charge in [-0.05, 0) is 48.7 Å². The standard InChI is InChI=1S/C22H25NO5/c1-25-17-6-8-18(26-2)15(11-17)12-21(24)23-22(9-3-4-10-22)16-5-7-19-20(13-16)28-14-27-19/h5-8,11,13H,3-4,9-10,12,14H2,1-2H3,(H,23,24). The van der Waals surface area contributed by atoms with Crippen LogP contribution in [-0.2, 0) is 16.8 Å². The molecule has 0 aromatic heterocycles. The van der Waals surface area contributed by atoms with Crippen molar-refractivity contribution in [3.05, 3.63) is 47.5 Å². The number of benzene rings is 2. The zero-order chi connectivity index (χ0) is 19.6. The average Bonchev–Trinajstić information content (AvgIpc) is 3.37. The minimum absolute atomic E-state index is 0.0360. The van der Waals surface area contributed by atoms with Crippen molar-refractivity contribution in [1.29, 1.82) is 0 Å². The first-order valence-corrected chi connectivity index (χ1v) is 9.55. The highest BCUT2D eigenvalue weighted by atomic mass is 16.7. The van der Waals surface area contributed by atoms with Crippen molar-refractivity contribution in [3.8, 4) is 23.0 Å². The lowest BCUT2D eigenvalue weighted by atomic mass is 9.87. The van der Waals surface area contributed by atoms with Gasteiger partial charge >= 0.3 is 0 Å². The summed E-state index contributed by atoms with van der Waals surface area (Å²) < 4.78 is 21.7. The Bertz CT molecular complexity index is 873. The van der Waals surface area contributed by atoms with E-state index in [1.807, 2.05) is 36.4 Å². The average molecular weight is 383 g/mol. The summed E-state index contributed by atoms with van der Waals surface area (Å²) in [5.74, 6) is 2.84. The fourth-order valence-corrected chi connectivity index (χ4v) is 4.16. The van der Waals surface area contributed by atoms with Gasteiger partial charge in [0, 0.05) is 5.56 Å². The van der Waals surface area contributed by atoms with Crippen LogP contribution in [0.1, 0.15) is 36.8 Å². The summed E-state index contributed by atoms with van der Waals surface area (Å²) in [5.41, 5.74) is 1.50. The van der Waals surface area contributed by atoms with Gasteiger partial charge in [-0.3, -0.25) is 4.79 Å². The summed E-state index contributed by atoms with van der Waals surface area (Å²) in [6.07, 6.45) is 4.21. The Balaban J connectivity index is 1.56. The van der Waals surface area contributed by atoms with Crippen molar-refractivity contribution in [1.82, 2.24) is 5.32 Å². The monoisotopic (exact) mass is 383 g/mol. The molecule has 2 aromatic carbocycles. The number of hydrogen-bond acceptors (Lipinski definition) is 5. The molecule has 1 saturated carbocycles. The molecule has 6 heteroatoms. The maximum atomic E-state index is 13.0. The maximum absolute atomic E-state index is 13.0. The van der Waals surface area contributed by atoms with Gasteiger partial charge in [-0.25, -0.2) is 0 Å². The van der Waals surface area contributed by atoms with Gasteiger partial charge in [-0.15, -0.1) is 0 Å². The highest BCUT2D eigenvalue weighted by molar-refractivity contribution is 5.80. The largest absolute Gasteiger partial charge is 0.497 e. The molecular weight excluding hydrogens is 358 g/mol. The topological polar surface area (TPSA) is 66.0 Å². The molecule has 1 heterocycles. The van der Waals surface area contributed by atoms with Gasteiger partial charge in [0.2, 0.25) is 12.7 Å². The molecule has 2 aliphatic rings. The van der Waals surface area contributed by atoms with Crippen LogP contribution in [-0.4, -0.2) is 26.9 Å². The van der Waals surface area contributed by atoms with E-state index in [1.165, 1.54) is 0 Å². The summed E-state index contributed by atoms with van der Waals surface area (Å²) in [5, 5.41) is 3.31. The molecule has 6 nitrogen and oxygen atoms in total. The molecule has 1 amide bonds. The summed E-state index contributed by atoms with van der Waals surface area (Å²) >= 11 is 0. The number of methoxy groups -OCH3 is 2. The number of amides is 1. The quantitative estimate of drug-likeness (QED) is 0.826. The van der Waals surface area contributed by atoms with Gasteiger partial charge in [0.15, 0.2) is 11.5 Å². The number of carbonyl (C=O) groups is 1. The molecule has 0 unspecified atom stereocenters. The molecule has 0 radical (unpaired) electrons. The molecule has 1 aliphatic carbocycles. The third-order valence-electron chi connectivity index (χ3n) is 5.60. The van der Waals surface area contributed by atoms with Crippen molar-refractivity contribution in [2.45, 2.75) is 37.6 Å². The Morgan fingerprint density at radius 3 is 2.57 bits per heavy atom. The third-order valence-corrected chi connectivity index (χ3v) is 5.60. The molecule has 0 bridgehead atoms. The summed E-state index contributed by atoms with van der Waals surface area (Å²) in [7, 11) is 3.22. The second-order valence-electron chi connectivity index (χ2n) is 7.26. The van der Waals surface area contributed by atoms with Crippen molar-refractivity contribution < 1.29 is 23.7 Å². The van der Waals surface area contributed by atoms with Crippen LogP contribution in [0.5, 0.6) is 23.0 Å². The lowest BCUT2D eigenvalue weighted by molar-refractivity contribution is -0.122. The Morgan fingerprint density at radius 1 is 1.04 bits per heavy atom. The normalized spacial score (nSPS) is 16.6. The minimum Gasteiger partial charge on any atom is -0.497 e. The Kier molecular flexibility index (Phi) is 5.03. The Labute approximate surface area is 164 Å². The van der Waals surface area contributed by atoms with E-state index in [0.717, 1.165) is 48.3 Å². The molecule has 4 rings (SSSR count). The molecule has 28 heavy (non-hydrogen) atoms. The van der Waals surface area contributed by atoms with Crippen LogP contribution < -0.4 is 24.3 Å². The number of fused-ring (bicyclic) bond motifs is 1. The molecule has 0 saturated heterocycles. The molecule has 2 aromatic rings. The van der Waals surface area contributed by atoms with Crippen LogP contribution in [0.4, 0.5) is 0 Å². The van der Waals surface area contributed by atoms with Gasteiger partial charge in [0.1, 0.15) is 11.5 Å². The van der Waals surface area contributed by atoms with Gasteiger partial charge in [0.25, 0.3) is 0 Å². The molecule has 148 valence electrons. The predicted molar refractivity (Wildman–Crippen MR) is 104 cm³/mol. The number of ether oxygens (including phenoxy) is 4. The molecule has 1 fully saturated rings. The SMILES string of the molecule is COc1ccc(OC)c(CC(=O)NC2(c3ccc4c(c3)OCO4)CCCC2)c1. The van der Waals surface area contributed by atoms with Crippen molar-refractivity contribution in [2.24, 2.45) is 0 Å². The van der Waals surface area contributed by atoms with Crippen LogP contribution in [0.25, 0.3) is 0 Å². The lowest BCUT2D eigenvalue weighted by Crippen LogP contribution is -2.44. The van der Waals surface area contributed by atoms with E-state index in [1.54, 1.807) is 14.2 Å². The van der Waals surface area contributed by atoms with E-state index in [2.05, 4.69) is 5.32 Å². The fourth-order valence-electron chi connectivity index (χ4n) is 4.16. The van der Waals surface area contributed by atoms with Crippen LogP contribution in [0.15, 0.2) is 36.4 Å². The first-order valence-electron chi connectivity index (χ1n) is 9.55. The Hall–Kier alpha value is -2.89. The number of carbonyl (C=O) groups excluding carboxylic acids is 1. The van der Waals surface area contributed by atoms with E-state index in [-0.39, 0.29) is 24.7 Å². The highest BCUT2D eigenvalue weighted by Crippen LogP contribution is 2.43. The van der Waals surface area contributed by atoms with Crippen molar-refractivity contribution in [3.63, 3.8) is 0 Å². The van der Waals surface area contributed by atoms with Gasteiger partial charge in [0.05, 0.1) is 26.2 Å². The van der Waals surface area contributed by atoms with E-state index >= 15 is 0 Å². The molecule has 0 spiro atoms. The highest BCUT2D eigenvalue weighted by Gasteiger charge is 2.38. The molecule has 1 N–H and O–H groups in total.